The van der Waals surface area contributed by atoms with E-state index in [4.69, 9.17) is 9.40 Å². The van der Waals surface area contributed by atoms with E-state index in [2.05, 4.69) is 26.7 Å². The maximum absolute atomic E-state index is 13.1. The molecule has 0 radical (unpaired) electrons. The van der Waals surface area contributed by atoms with Crippen LogP contribution in [0.5, 0.6) is 0 Å². The van der Waals surface area contributed by atoms with E-state index in [-0.39, 0.29) is 23.3 Å². The summed E-state index contributed by atoms with van der Waals surface area (Å²) in [5.41, 5.74) is 1.96. The van der Waals surface area contributed by atoms with E-state index in [1.54, 1.807) is 13.0 Å². The largest absolute Gasteiger partial charge is 0.420 e. The van der Waals surface area contributed by atoms with Crippen molar-refractivity contribution in [3.63, 3.8) is 0 Å². The smallest absolute Gasteiger partial charge is 0.268 e. The van der Waals surface area contributed by atoms with E-state index in [0.717, 1.165) is 48.3 Å². The van der Waals surface area contributed by atoms with Gasteiger partial charge in [0.2, 0.25) is 17.7 Å². The maximum atomic E-state index is 13.1. The second kappa shape index (κ2) is 8.16. The lowest BCUT2D eigenvalue weighted by molar-refractivity contribution is -0.125. The number of hydrogen-bond donors (Lipinski definition) is 1. The number of carbonyl (C=O) groups is 2. The number of nitrogens with one attached hydrogen (secondary N) is 1. The summed E-state index contributed by atoms with van der Waals surface area (Å²) in [6.45, 7) is 6.87. The fourth-order valence-electron chi connectivity index (χ4n) is 5.34. The Kier molecular flexibility index (Phi) is 5.06. The number of imidazole rings is 1. The lowest BCUT2D eigenvalue weighted by Gasteiger charge is -2.46. The van der Waals surface area contributed by atoms with E-state index in [9.17, 15) is 9.59 Å². The first-order valence-corrected chi connectivity index (χ1v) is 12.4. The van der Waals surface area contributed by atoms with Crippen LogP contribution < -0.4 is 5.32 Å². The normalized spacial score (nSPS) is 21.4. The van der Waals surface area contributed by atoms with Gasteiger partial charge >= 0.3 is 0 Å². The van der Waals surface area contributed by atoms with Crippen molar-refractivity contribution >= 4 is 40.1 Å². The number of benzene rings is 1. The third-order valence-electron chi connectivity index (χ3n) is 7.01. The SMILES string of the molecule is C=CC(=O)N1CC[C@]2(C1)C[C@H](n1c(NC(=O)c3ccc(-c4nnc(C)o4)s3)nc3ccccc31)C2. The third-order valence-corrected chi connectivity index (χ3v) is 8.09. The number of amides is 2. The molecule has 0 unspecified atom stereocenters. The van der Waals surface area contributed by atoms with Crippen LogP contribution in [0, 0.1) is 12.3 Å². The van der Waals surface area contributed by atoms with Crippen LogP contribution in [0.4, 0.5) is 5.95 Å². The summed E-state index contributed by atoms with van der Waals surface area (Å²) in [5.74, 6) is 1.19. The minimum absolute atomic E-state index is 0.00244. The Bertz CT molecular complexity index is 1460. The highest BCUT2D eigenvalue weighted by molar-refractivity contribution is 7.17. The van der Waals surface area contributed by atoms with Crippen LogP contribution in [-0.4, -0.2) is 49.6 Å². The summed E-state index contributed by atoms with van der Waals surface area (Å²) < 4.78 is 7.62. The molecule has 35 heavy (non-hydrogen) atoms. The Hall–Kier alpha value is -3.79. The molecular formula is C25H24N6O3S. The van der Waals surface area contributed by atoms with Crippen molar-refractivity contribution in [3.05, 3.63) is 59.8 Å². The first kappa shape index (κ1) is 21.7. The minimum atomic E-state index is -0.230. The number of anilines is 1. The molecule has 1 aliphatic carbocycles. The number of thiophene rings is 1. The van der Waals surface area contributed by atoms with Crippen molar-refractivity contribution in [1.82, 2.24) is 24.6 Å². The molecule has 1 aliphatic heterocycles. The quantitative estimate of drug-likeness (QED) is 0.416. The highest BCUT2D eigenvalue weighted by atomic mass is 32.1. The van der Waals surface area contributed by atoms with Crippen molar-refractivity contribution in [2.24, 2.45) is 5.41 Å². The van der Waals surface area contributed by atoms with Gasteiger partial charge < -0.3 is 13.9 Å². The van der Waals surface area contributed by atoms with E-state index >= 15 is 0 Å². The number of hydrogen-bond acceptors (Lipinski definition) is 7. The molecule has 10 heteroatoms. The van der Waals surface area contributed by atoms with Gasteiger partial charge in [0.25, 0.3) is 11.8 Å². The van der Waals surface area contributed by atoms with Gasteiger partial charge in [-0.2, -0.15) is 0 Å². The summed E-state index contributed by atoms with van der Waals surface area (Å²) >= 11 is 1.30. The molecular weight excluding hydrogens is 464 g/mol. The summed E-state index contributed by atoms with van der Waals surface area (Å²) in [5, 5.41) is 10.9. The first-order chi connectivity index (χ1) is 16.9. The Balaban J connectivity index is 1.24. The topological polar surface area (TPSA) is 106 Å². The van der Waals surface area contributed by atoms with Gasteiger partial charge in [0.1, 0.15) is 0 Å². The average Bonchev–Trinajstić information content (AvgIpc) is 3.61. The lowest BCUT2D eigenvalue weighted by atomic mass is 9.65. The second-order valence-corrected chi connectivity index (χ2v) is 10.4. The van der Waals surface area contributed by atoms with Crippen LogP contribution in [0.2, 0.25) is 0 Å². The molecule has 0 bridgehead atoms. The standard InChI is InChI=1S/C25H24N6O3S/c1-3-21(32)30-11-10-25(14-30)12-16(13-25)31-18-7-5-4-6-17(18)26-24(31)27-22(33)19-8-9-20(35-19)23-29-28-15(2)34-23/h3-9,16H,1,10-14H2,2H3,(H,26,27,33)/t16-,25-. The molecule has 6 rings (SSSR count). The number of rotatable bonds is 5. The Morgan fingerprint density at radius 3 is 2.83 bits per heavy atom. The van der Waals surface area contributed by atoms with E-state index in [0.29, 0.717) is 22.6 Å². The molecule has 3 aromatic heterocycles. The average molecular weight is 489 g/mol. The maximum Gasteiger partial charge on any atom is 0.268 e. The van der Waals surface area contributed by atoms with E-state index in [1.807, 2.05) is 35.2 Å². The van der Waals surface area contributed by atoms with Crippen molar-refractivity contribution in [2.75, 3.05) is 18.4 Å². The monoisotopic (exact) mass is 488 g/mol. The van der Waals surface area contributed by atoms with Crippen LogP contribution in [0.25, 0.3) is 21.8 Å². The fourth-order valence-corrected chi connectivity index (χ4v) is 6.17. The van der Waals surface area contributed by atoms with Crippen molar-refractivity contribution in [2.45, 2.75) is 32.2 Å². The predicted molar refractivity (Wildman–Crippen MR) is 132 cm³/mol. The molecule has 1 spiro atoms. The molecule has 1 N–H and O–H groups in total. The highest BCUT2D eigenvalue weighted by Gasteiger charge is 2.50. The summed E-state index contributed by atoms with van der Waals surface area (Å²) in [6, 6.07) is 11.7. The van der Waals surface area contributed by atoms with E-state index in [1.165, 1.54) is 17.4 Å². The Labute approximate surface area is 205 Å². The van der Waals surface area contributed by atoms with Crippen molar-refractivity contribution in [1.29, 1.82) is 0 Å². The molecule has 1 saturated heterocycles. The van der Waals surface area contributed by atoms with Gasteiger partial charge in [-0.1, -0.05) is 18.7 Å². The zero-order valence-electron chi connectivity index (χ0n) is 19.2. The minimum Gasteiger partial charge on any atom is -0.420 e. The van der Waals surface area contributed by atoms with Crippen LogP contribution in [0.15, 0.2) is 53.5 Å². The molecule has 4 heterocycles. The number of para-hydroxylation sites is 2. The first-order valence-electron chi connectivity index (χ1n) is 11.5. The van der Waals surface area contributed by atoms with Gasteiger partial charge in [-0.25, -0.2) is 4.98 Å². The zero-order chi connectivity index (χ0) is 24.2. The summed E-state index contributed by atoms with van der Waals surface area (Å²) in [7, 11) is 0. The second-order valence-electron chi connectivity index (χ2n) is 9.31. The molecule has 178 valence electrons. The van der Waals surface area contributed by atoms with Crippen LogP contribution >= 0.6 is 11.3 Å². The number of aromatic nitrogens is 4. The van der Waals surface area contributed by atoms with Gasteiger partial charge in [-0.15, -0.1) is 21.5 Å². The molecule has 9 nitrogen and oxygen atoms in total. The van der Waals surface area contributed by atoms with E-state index < -0.39 is 0 Å². The molecule has 2 amide bonds. The molecule has 4 aromatic rings. The molecule has 1 aromatic carbocycles. The van der Waals surface area contributed by atoms with Crippen LogP contribution in [-0.2, 0) is 4.79 Å². The number of nitrogens with zero attached hydrogens (tertiary/aromatic N) is 5. The third kappa shape index (κ3) is 3.74. The van der Waals surface area contributed by atoms with Crippen LogP contribution in [0.1, 0.15) is 40.9 Å². The predicted octanol–water partition coefficient (Wildman–Crippen LogP) is 4.45. The summed E-state index contributed by atoms with van der Waals surface area (Å²) in [4.78, 5) is 33.1. The number of aryl methyl sites for hydroxylation is 1. The molecule has 0 atom stereocenters. The number of fused-ring (bicyclic) bond motifs is 1. The van der Waals surface area contributed by atoms with Gasteiger partial charge in [0.05, 0.1) is 20.8 Å². The number of carbonyl (C=O) groups excluding carboxylic acids is 2. The van der Waals surface area contributed by atoms with Gasteiger partial charge in [-0.3, -0.25) is 14.9 Å². The lowest BCUT2D eigenvalue weighted by Crippen LogP contribution is -2.42. The molecule has 1 saturated carbocycles. The van der Waals surface area contributed by atoms with Gasteiger partial charge in [0, 0.05) is 26.1 Å². The van der Waals surface area contributed by atoms with Crippen molar-refractivity contribution in [3.8, 4) is 10.8 Å². The number of likely N-dealkylation sites (tertiary alicyclic amines) is 1. The Morgan fingerprint density at radius 1 is 1.23 bits per heavy atom. The zero-order valence-corrected chi connectivity index (χ0v) is 20.0. The Morgan fingerprint density at radius 2 is 2.06 bits per heavy atom. The summed E-state index contributed by atoms with van der Waals surface area (Å²) in [6.07, 6.45) is 4.26. The van der Waals surface area contributed by atoms with Gasteiger partial charge in [-0.05, 0) is 55.0 Å². The van der Waals surface area contributed by atoms with Crippen molar-refractivity contribution < 1.29 is 14.0 Å². The molecule has 2 fully saturated rings. The fraction of sp³-hybridized carbons (Fsp3) is 0.320. The highest BCUT2D eigenvalue weighted by Crippen LogP contribution is 2.55. The van der Waals surface area contributed by atoms with Gasteiger partial charge in [0.15, 0.2) is 0 Å². The molecule has 2 aliphatic rings. The van der Waals surface area contributed by atoms with Crippen LogP contribution in [0.3, 0.4) is 0 Å².